The summed E-state index contributed by atoms with van der Waals surface area (Å²) in [5.41, 5.74) is -0.418. The SMILES string of the molecule is CCCC/C=C\CCCC/C=C\CCCCCOC[C@H](COP(=O)(O)OCC[N+](C)(C)C)OC(C)(C)C. The Bertz CT molecular complexity index is 639. The van der Waals surface area contributed by atoms with Crippen LogP contribution in [0.5, 0.6) is 0 Å². The molecule has 0 aliphatic carbocycles. The highest BCUT2D eigenvalue weighted by Gasteiger charge is 2.27. The summed E-state index contributed by atoms with van der Waals surface area (Å²) < 4.78 is 34.9. The van der Waals surface area contributed by atoms with Gasteiger partial charge in [0.05, 0.1) is 40.0 Å². The maximum Gasteiger partial charge on any atom is 0.472 e. The van der Waals surface area contributed by atoms with Crippen LogP contribution < -0.4 is 0 Å². The van der Waals surface area contributed by atoms with E-state index in [0.717, 1.165) is 25.7 Å². The summed E-state index contributed by atoms with van der Waals surface area (Å²) in [6.45, 7) is 9.68. The van der Waals surface area contributed by atoms with Crippen molar-refractivity contribution < 1.29 is 32.5 Å². The molecule has 0 saturated heterocycles. The molecule has 0 heterocycles. The van der Waals surface area contributed by atoms with Gasteiger partial charge < -0.3 is 18.9 Å². The van der Waals surface area contributed by atoms with E-state index >= 15 is 0 Å². The third kappa shape index (κ3) is 28.3. The number of hydrogen-bond acceptors (Lipinski definition) is 5. The lowest BCUT2D eigenvalue weighted by Gasteiger charge is -2.28. The van der Waals surface area contributed by atoms with Crippen LogP contribution in [-0.2, 0) is 23.1 Å². The third-order valence-corrected chi connectivity index (χ3v) is 6.46. The van der Waals surface area contributed by atoms with Crippen LogP contribution in [0.1, 0.15) is 98.3 Å². The average Bonchev–Trinajstić information content (AvgIpc) is 2.77. The van der Waals surface area contributed by atoms with Gasteiger partial charge in [-0.1, -0.05) is 50.5 Å². The second-order valence-corrected chi connectivity index (χ2v) is 13.2. The predicted octanol–water partition coefficient (Wildman–Crippen LogP) is 7.45. The summed E-state index contributed by atoms with van der Waals surface area (Å²) in [4.78, 5) is 9.98. The molecule has 0 aromatic carbocycles. The first-order valence-corrected chi connectivity index (χ1v) is 15.8. The Labute approximate surface area is 228 Å². The van der Waals surface area contributed by atoms with Crippen molar-refractivity contribution in [3.8, 4) is 0 Å². The zero-order valence-electron chi connectivity index (χ0n) is 25.1. The van der Waals surface area contributed by atoms with Crippen LogP contribution >= 0.6 is 7.82 Å². The molecule has 0 aromatic rings. The first kappa shape index (κ1) is 36.5. The molecule has 37 heavy (non-hydrogen) atoms. The van der Waals surface area contributed by atoms with E-state index in [1.807, 2.05) is 41.9 Å². The van der Waals surface area contributed by atoms with Crippen molar-refractivity contribution in [2.45, 2.75) is 110 Å². The number of nitrogens with zero attached hydrogens (tertiary/aromatic N) is 1. The Morgan fingerprint density at radius 1 is 0.784 bits per heavy atom. The smallest absolute Gasteiger partial charge is 0.379 e. The largest absolute Gasteiger partial charge is 0.472 e. The summed E-state index contributed by atoms with van der Waals surface area (Å²) in [7, 11) is 1.84. The van der Waals surface area contributed by atoms with Crippen molar-refractivity contribution >= 4 is 7.82 Å². The van der Waals surface area contributed by atoms with Gasteiger partial charge in [-0.05, 0) is 72.1 Å². The van der Waals surface area contributed by atoms with E-state index in [2.05, 4.69) is 31.2 Å². The zero-order valence-corrected chi connectivity index (χ0v) is 26.0. The summed E-state index contributed by atoms with van der Waals surface area (Å²) in [6, 6.07) is 0. The molecule has 1 N–H and O–H groups in total. The van der Waals surface area contributed by atoms with Gasteiger partial charge in [-0.15, -0.1) is 0 Å². The van der Waals surface area contributed by atoms with Crippen molar-refractivity contribution in [2.75, 3.05) is 54.1 Å². The minimum absolute atomic E-state index is 0.0602. The van der Waals surface area contributed by atoms with E-state index in [9.17, 15) is 9.46 Å². The van der Waals surface area contributed by atoms with Crippen molar-refractivity contribution in [2.24, 2.45) is 0 Å². The van der Waals surface area contributed by atoms with Gasteiger partial charge in [0.25, 0.3) is 0 Å². The molecule has 7 nitrogen and oxygen atoms in total. The first-order chi connectivity index (χ1) is 17.3. The van der Waals surface area contributed by atoms with Crippen LogP contribution in [0.4, 0.5) is 0 Å². The normalized spacial score (nSPS) is 15.6. The Balaban J connectivity index is 3.98. The highest BCUT2D eigenvalue weighted by atomic mass is 31.2. The fraction of sp³-hybridized carbons (Fsp3) is 0.862. The van der Waals surface area contributed by atoms with Crippen LogP contribution in [0.2, 0.25) is 0 Å². The fourth-order valence-electron chi connectivity index (χ4n) is 3.44. The van der Waals surface area contributed by atoms with E-state index in [-0.39, 0.29) is 13.2 Å². The number of rotatable bonds is 24. The van der Waals surface area contributed by atoms with Gasteiger partial charge in [-0.25, -0.2) is 4.57 Å². The lowest BCUT2D eigenvalue weighted by atomic mass is 10.1. The van der Waals surface area contributed by atoms with Crippen molar-refractivity contribution in [3.63, 3.8) is 0 Å². The lowest BCUT2D eigenvalue weighted by molar-refractivity contribution is -0.870. The molecule has 0 aliphatic rings. The number of likely N-dealkylation sites (N-methyl/N-ethyl adjacent to an activating group) is 1. The molecular weight excluding hydrogens is 489 g/mol. The monoisotopic (exact) mass is 548 g/mol. The van der Waals surface area contributed by atoms with Crippen LogP contribution in [-0.4, -0.2) is 75.2 Å². The Morgan fingerprint density at radius 2 is 1.32 bits per heavy atom. The number of unbranched alkanes of at least 4 members (excludes halogenated alkanes) is 8. The minimum Gasteiger partial charge on any atom is -0.379 e. The quantitative estimate of drug-likeness (QED) is 0.0584. The maximum absolute atomic E-state index is 12.2. The topological polar surface area (TPSA) is 74.2 Å². The number of allylic oxidation sites excluding steroid dienone is 4. The van der Waals surface area contributed by atoms with E-state index in [4.69, 9.17) is 18.5 Å². The van der Waals surface area contributed by atoms with Crippen LogP contribution in [0.3, 0.4) is 0 Å². The van der Waals surface area contributed by atoms with E-state index < -0.39 is 19.5 Å². The molecule has 0 saturated carbocycles. The van der Waals surface area contributed by atoms with Crippen LogP contribution in [0, 0.1) is 0 Å². The number of quaternary nitrogens is 1. The molecule has 0 radical (unpaired) electrons. The molecule has 2 atom stereocenters. The molecule has 220 valence electrons. The van der Waals surface area contributed by atoms with Crippen molar-refractivity contribution in [3.05, 3.63) is 24.3 Å². The van der Waals surface area contributed by atoms with E-state index in [1.54, 1.807) is 0 Å². The molecule has 0 amide bonds. The van der Waals surface area contributed by atoms with Gasteiger partial charge in [0.2, 0.25) is 0 Å². The third-order valence-electron chi connectivity index (χ3n) is 5.47. The molecule has 0 aromatic heterocycles. The highest BCUT2D eigenvalue weighted by molar-refractivity contribution is 7.47. The van der Waals surface area contributed by atoms with Gasteiger partial charge in [0.15, 0.2) is 0 Å². The number of phosphoric acid groups is 1. The Hall–Kier alpha value is -0.530. The molecular formula is C29H59NO6P+. The van der Waals surface area contributed by atoms with Gasteiger partial charge in [-0.3, -0.25) is 9.05 Å². The van der Waals surface area contributed by atoms with Gasteiger partial charge >= 0.3 is 7.82 Å². The Morgan fingerprint density at radius 3 is 1.84 bits per heavy atom. The second-order valence-electron chi connectivity index (χ2n) is 11.8. The van der Waals surface area contributed by atoms with Crippen molar-refractivity contribution in [1.82, 2.24) is 0 Å². The zero-order chi connectivity index (χ0) is 28.0. The summed E-state index contributed by atoms with van der Waals surface area (Å²) in [5.74, 6) is 0. The van der Waals surface area contributed by atoms with Crippen LogP contribution in [0.15, 0.2) is 24.3 Å². The molecule has 0 fully saturated rings. The van der Waals surface area contributed by atoms with Gasteiger partial charge in [0, 0.05) is 6.61 Å². The number of phosphoric ester groups is 1. The average molecular weight is 549 g/mol. The molecule has 1 unspecified atom stereocenters. The number of hydrogen-bond donors (Lipinski definition) is 1. The lowest BCUT2D eigenvalue weighted by Crippen LogP contribution is -2.37. The summed E-state index contributed by atoms with van der Waals surface area (Å²) in [6.07, 6.45) is 21.9. The molecule has 8 heteroatoms. The Kier molecular flexibility index (Phi) is 21.0. The van der Waals surface area contributed by atoms with E-state index in [0.29, 0.717) is 24.2 Å². The summed E-state index contributed by atoms with van der Waals surface area (Å²) in [5, 5.41) is 0. The van der Waals surface area contributed by atoms with E-state index in [1.165, 1.54) is 44.9 Å². The molecule has 0 aliphatic heterocycles. The molecule has 0 bridgehead atoms. The fourth-order valence-corrected chi connectivity index (χ4v) is 4.18. The van der Waals surface area contributed by atoms with Crippen LogP contribution in [0.25, 0.3) is 0 Å². The molecule has 0 spiro atoms. The van der Waals surface area contributed by atoms with Gasteiger partial charge in [-0.2, -0.15) is 0 Å². The van der Waals surface area contributed by atoms with Gasteiger partial charge in [0.1, 0.15) is 19.3 Å². The second kappa shape index (κ2) is 21.3. The minimum atomic E-state index is -4.13. The standard InChI is InChI=1S/C29H58NO6P/c1-8-9-10-11-12-13-14-15-16-17-18-19-20-21-22-24-33-26-28(36-29(2,3)4)27-35-37(31,32)34-25-23-30(5,6)7/h11-12,17-18,28H,8-10,13-16,19-27H2,1-7H3/p+1/b12-11-,18-17-/t28-/m1/s1. The summed E-state index contributed by atoms with van der Waals surface area (Å²) >= 11 is 0. The number of ether oxygens (including phenoxy) is 2. The van der Waals surface area contributed by atoms with Crippen molar-refractivity contribution in [1.29, 1.82) is 0 Å². The molecule has 0 rings (SSSR count). The maximum atomic E-state index is 12.2. The predicted molar refractivity (Wildman–Crippen MR) is 155 cm³/mol. The highest BCUT2D eigenvalue weighted by Crippen LogP contribution is 2.43. The first-order valence-electron chi connectivity index (χ1n) is 14.3.